The van der Waals surface area contributed by atoms with Gasteiger partial charge in [0.05, 0.1) is 30.3 Å². The number of carbonyl (C=O) groups excluding carboxylic acids is 2. The molecule has 5 atom stereocenters. The largest absolute Gasteiger partial charge is 0.491 e. The summed E-state index contributed by atoms with van der Waals surface area (Å²) >= 11 is 6.49. The van der Waals surface area contributed by atoms with Crippen LogP contribution in [0.15, 0.2) is 52.9 Å². The molecule has 4 heterocycles. The molecule has 4 aliphatic heterocycles. The molecule has 0 aromatic heterocycles. The van der Waals surface area contributed by atoms with Gasteiger partial charge in [-0.25, -0.2) is 9.00 Å². The zero-order valence-electron chi connectivity index (χ0n) is 31.9. The number of carbonyl (C=O) groups is 2. The number of anilines is 1. The van der Waals surface area contributed by atoms with Crippen molar-refractivity contribution in [2.75, 3.05) is 64.2 Å². The van der Waals surface area contributed by atoms with Crippen LogP contribution in [0.3, 0.4) is 0 Å². The zero-order valence-corrected chi connectivity index (χ0v) is 33.5. The Morgan fingerprint density at radius 3 is 2.56 bits per heavy atom. The molecule has 5 aliphatic rings. The first-order valence-corrected chi connectivity index (χ1v) is 21.8. The lowest BCUT2D eigenvalue weighted by Crippen LogP contribution is -2.64. The van der Waals surface area contributed by atoms with E-state index in [1.54, 1.807) is 25.2 Å². The monoisotopic (exact) mass is 781 g/mol. The van der Waals surface area contributed by atoms with Gasteiger partial charge in [0.2, 0.25) is 0 Å². The van der Waals surface area contributed by atoms with Gasteiger partial charge in [-0.3, -0.25) is 14.4 Å². The third kappa shape index (κ3) is 9.10. The molecule has 11 nitrogen and oxygen atoms in total. The minimum atomic E-state index is -3.49. The number of fused-ring (bicyclic) bond motifs is 3. The van der Waals surface area contributed by atoms with Gasteiger partial charge in [0.1, 0.15) is 15.7 Å². The topological polar surface area (TPSA) is 113 Å². The van der Waals surface area contributed by atoms with E-state index in [9.17, 15) is 13.8 Å². The molecule has 3 amide bonds. The van der Waals surface area contributed by atoms with Crippen molar-refractivity contribution in [1.29, 1.82) is 0 Å². The summed E-state index contributed by atoms with van der Waals surface area (Å²) in [5.74, 6) is 0.698. The molecule has 2 aromatic rings. The highest BCUT2D eigenvalue weighted by molar-refractivity contribution is 7.92. The fourth-order valence-electron chi connectivity index (χ4n) is 8.70. The van der Waals surface area contributed by atoms with E-state index in [1.807, 2.05) is 25.1 Å². The molecule has 0 spiro atoms. The van der Waals surface area contributed by atoms with Gasteiger partial charge in [0.15, 0.2) is 0 Å². The summed E-state index contributed by atoms with van der Waals surface area (Å²) in [5.41, 5.74) is 3.51. The van der Waals surface area contributed by atoms with Crippen LogP contribution in [0.5, 0.6) is 5.75 Å². The molecule has 1 N–H and O–H groups in total. The second kappa shape index (κ2) is 17.3. The lowest BCUT2D eigenvalue weighted by Gasteiger charge is -2.47. The number of halogens is 1. The first-order chi connectivity index (χ1) is 26.1. The molecule has 1 aliphatic carbocycles. The number of ether oxygens (including phenoxy) is 3. The van der Waals surface area contributed by atoms with Crippen molar-refractivity contribution in [2.24, 2.45) is 22.1 Å². The minimum Gasteiger partial charge on any atom is -0.491 e. The molecular weight excluding hydrogens is 726 g/mol. The molecule has 7 rings (SSSR count). The number of hydrogen-bond acceptors (Lipinski definition) is 8. The van der Waals surface area contributed by atoms with Gasteiger partial charge >= 0.3 is 6.03 Å². The van der Waals surface area contributed by atoms with Crippen LogP contribution in [0, 0.1) is 17.8 Å². The summed E-state index contributed by atoms with van der Waals surface area (Å²) in [7, 11) is 0.0343. The number of piperidine rings is 1. The van der Waals surface area contributed by atoms with E-state index in [0.717, 1.165) is 75.3 Å². The predicted molar refractivity (Wildman–Crippen MR) is 213 cm³/mol. The van der Waals surface area contributed by atoms with Crippen molar-refractivity contribution < 1.29 is 28.0 Å². The molecular formula is C41H56ClN5O6S. The van der Waals surface area contributed by atoms with E-state index in [-0.39, 0.29) is 29.9 Å². The quantitative estimate of drug-likeness (QED) is 0.340. The summed E-state index contributed by atoms with van der Waals surface area (Å²) in [6.07, 6.45) is 11.9. The third-order valence-electron chi connectivity index (χ3n) is 12.1. The van der Waals surface area contributed by atoms with E-state index >= 15 is 0 Å². The molecule has 2 saturated heterocycles. The molecule has 294 valence electrons. The Bertz CT molecular complexity index is 1820. The summed E-state index contributed by atoms with van der Waals surface area (Å²) < 4.78 is 39.8. The highest BCUT2D eigenvalue weighted by Crippen LogP contribution is 2.42. The minimum absolute atomic E-state index is 0.0415. The lowest BCUT2D eigenvalue weighted by molar-refractivity contribution is -0.00456. The zero-order chi connectivity index (χ0) is 37.8. The van der Waals surface area contributed by atoms with Crippen molar-refractivity contribution in [3.05, 3.63) is 70.3 Å². The molecule has 13 heteroatoms. The maximum atomic E-state index is 14.7. The maximum Gasteiger partial charge on any atom is 0.329 e. The van der Waals surface area contributed by atoms with E-state index < -0.39 is 21.9 Å². The Hall–Kier alpha value is -3.16. The van der Waals surface area contributed by atoms with Crippen LogP contribution < -0.4 is 14.4 Å². The van der Waals surface area contributed by atoms with Gasteiger partial charge in [-0.15, -0.1) is 4.36 Å². The molecule has 2 aromatic carbocycles. The van der Waals surface area contributed by atoms with Crippen LogP contribution in [0.25, 0.3) is 0 Å². The number of rotatable bonds is 4. The van der Waals surface area contributed by atoms with Crippen molar-refractivity contribution in [1.82, 2.24) is 14.5 Å². The van der Waals surface area contributed by atoms with Crippen molar-refractivity contribution >= 4 is 39.1 Å². The van der Waals surface area contributed by atoms with Crippen LogP contribution >= 0.6 is 11.6 Å². The average Bonchev–Trinajstić information content (AvgIpc) is 3.14. The number of urea groups is 1. The van der Waals surface area contributed by atoms with Gasteiger partial charge in [-0.1, -0.05) is 36.7 Å². The number of allylic oxidation sites excluding steroid dienone is 1. The first-order valence-electron chi connectivity index (χ1n) is 19.7. The molecule has 1 saturated carbocycles. The SMILES string of the molecule is COC1CCN(C2CN(C(=O)N[S@@]3(=O)=NC(=O)c4ccc5c(c4)N(Cc4ccc(Cl)cc4CCCCO5)C[C@@H]4CC[C@H]4[C@@H](OC)/C=C/C[C@H](C)C3)C2)CC1. The lowest BCUT2D eigenvalue weighted by atomic mass is 9.70. The van der Waals surface area contributed by atoms with E-state index in [2.05, 4.69) is 43.2 Å². The number of benzene rings is 2. The van der Waals surface area contributed by atoms with Crippen molar-refractivity contribution in [3.63, 3.8) is 0 Å². The smallest absolute Gasteiger partial charge is 0.329 e. The Balaban J connectivity index is 1.20. The number of nitrogens with one attached hydrogen (secondary N) is 1. The Morgan fingerprint density at radius 1 is 1.00 bits per heavy atom. The predicted octanol–water partition coefficient (Wildman–Crippen LogP) is 6.73. The molecule has 3 fully saturated rings. The number of nitrogens with zero attached hydrogens (tertiary/aromatic N) is 4. The van der Waals surface area contributed by atoms with E-state index in [0.29, 0.717) is 55.8 Å². The Morgan fingerprint density at radius 2 is 1.81 bits per heavy atom. The van der Waals surface area contributed by atoms with E-state index in [4.69, 9.17) is 25.8 Å². The maximum absolute atomic E-state index is 14.7. The third-order valence-corrected chi connectivity index (χ3v) is 14.3. The van der Waals surface area contributed by atoms with Gasteiger partial charge < -0.3 is 24.0 Å². The number of amides is 3. The molecule has 0 radical (unpaired) electrons. The normalized spacial score (nSPS) is 29.6. The Labute approximate surface area is 326 Å². The first kappa shape index (κ1) is 39.1. The average molecular weight is 782 g/mol. The summed E-state index contributed by atoms with van der Waals surface area (Å²) in [6.45, 7) is 6.83. The van der Waals surface area contributed by atoms with Gasteiger partial charge in [0.25, 0.3) is 5.91 Å². The highest BCUT2D eigenvalue weighted by Gasteiger charge is 2.39. The second-order valence-corrected chi connectivity index (χ2v) is 18.3. The van der Waals surface area contributed by atoms with Crippen molar-refractivity contribution in [2.45, 2.75) is 83.1 Å². The summed E-state index contributed by atoms with van der Waals surface area (Å²) in [5, 5.41) is 0.720. The van der Waals surface area contributed by atoms with E-state index in [1.165, 1.54) is 11.1 Å². The van der Waals surface area contributed by atoms with Crippen LogP contribution in [-0.4, -0.2) is 103 Å². The molecule has 54 heavy (non-hydrogen) atoms. The second-order valence-electron chi connectivity index (χ2n) is 15.9. The van der Waals surface area contributed by atoms with Crippen LogP contribution in [0.1, 0.15) is 73.4 Å². The number of likely N-dealkylation sites (tertiary alicyclic amines) is 2. The van der Waals surface area contributed by atoms with Crippen LogP contribution in [0.4, 0.5) is 10.5 Å². The molecule has 0 unspecified atom stereocenters. The number of hydrogen-bond donors (Lipinski definition) is 1. The highest BCUT2D eigenvalue weighted by atomic mass is 35.5. The van der Waals surface area contributed by atoms with Gasteiger partial charge in [0, 0.05) is 70.1 Å². The van der Waals surface area contributed by atoms with Crippen molar-refractivity contribution in [3.8, 4) is 5.75 Å². The molecule has 2 bridgehead atoms. The van der Waals surface area contributed by atoms with Gasteiger partial charge in [-0.05, 0) is 111 Å². The van der Waals surface area contributed by atoms with Gasteiger partial charge in [-0.2, -0.15) is 0 Å². The fourth-order valence-corrected chi connectivity index (χ4v) is 10.8. The van der Waals surface area contributed by atoms with Crippen LogP contribution in [0.2, 0.25) is 5.02 Å². The van der Waals surface area contributed by atoms with Crippen LogP contribution in [-0.2, 0) is 32.4 Å². The summed E-state index contributed by atoms with van der Waals surface area (Å²) in [6, 6.07) is 11.3. The number of aryl methyl sites for hydroxylation is 1. The Kier molecular flexibility index (Phi) is 12.5. The summed E-state index contributed by atoms with van der Waals surface area (Å²) in [4.78, 5) is 34.1. The standard InChI is InChI=1S/C41H56ClN5O6S/c1-28-7-6-9-38(52-3)36-14-11-32(36)24-46-23-31-10-13-33(42)21-29(31)8-4-5-20-53-39-15-12-30(22-37(39)46)40(48)43-54(50,27-28)44-41(49)47-25-34(26-47)45-18-16-35(51-2)17-19-45/h6,9-10,12-13,15,21-22,28,32,34-36,38H,4-5,7-8,11,14,16-20,23-27H2,1-3H3,(H,43,44,48,49,50)/b9-6+/t28-,32-,36+,38-,54-/m0/s1. The number of methoxy groups -OCH3 is 2. The fraction of sp³-hybridized carbons (Fsp3) is 0.610.